The Morgan fingerprint density at radius 1 is 1.15 bits per heavy atom. The van der Waals surface area contributed by atoms with Crippen molar-refractivity contribution < 1.29 is 9.59 Å². The lowest BCUT2D eigenvalue weighted by Crippen LogP contribution is -2.46. The van der Waals surface area contributed by atoms with Gasteiger partial charge in [0.25, 0.3) is 0 Å². The van der Waals surface area contributed by atoms with Crippen molar-refractivity contribution in [1.29, 1.82) is 0 Å². The lowest BCUT2D eigenvalue weighted by atomic mass is 9.92. The van der Waals surface area contributed by atoms with Gasteiger partial charge in [-0.15, -0.1) is 0 Å². The fraction of sp³-hybridized carbons (Fsp3) is 0.867. The highest BCUT2D eigenvalue weighted by Crippen LogP contribution is 2.17. The lowest BCUT2D eigenvalue weighted by Gasteiger charge is -2.27. The first-order valence-corrected chi connectivity index (χ1v) is 7.95. The van der Waals surface area contributed by atoms with E-state index in [4.69, 9.17) is 0 Å². The third kappa shape index (κ3) is 4.78. The zero-order valence-electron chi connectivity index (χ0n) is 12.4. The molecule has 2 amide bonds. The molecule has 1 aliphatic heterocycles. The molecule has 5 heteroatoms. The van der Waals surface area contributed by atoms with E-state index in [1.807, 2.05) is 0 Å². The molecule has 1 saturated heterocycles. The van der Waals surface area contributed by atoms with E-state index in [1.54, 1.807) is 0 Å². The second-order valence-electron chi connectivity index (χ2n) is 6.20. The molecule has 1 aliphatic carbocycles. The van der Waals surface area contributed by atoms with Gasteiger partial charge < -0.3 is 16.0 Å². The topological polar surface area (TPSA) is 70.2 Å². The van der Waals surface area contributed by atoms with E-state index in [0.717, 1.165) is 32.2 Å². The van der Waals surface area contributed by atoms with Crippen LogP contribution in [0.3, 0.4) is 0 Å². The molecular formula is C15H27N3O2. The quantitative estimate of drug-likeness (QED) is 0.718. The number of carbonyl (C=O) groups is 2. The molecule has 2 fully saturated rings. The highest BCUT2D eigenvalue weighted by molar-refractivity contribution is 5.86. The summed E-state index contributed by atoms with van der Waals surface area (Å²) in [6.07, 6.45) is 7.54. The summed E-state index contributed by atoms with van der Waals surface area (Å²) < 4.78 is 0. The van der Waals surface area contributed by atoms with Crippen LogP contribution >= 0.6 is 0 Å². The van der Waals surface area contributed by atoms with Gasteiger partial charge >= 0.3 is 0 Å². The Kier molecular flexibility index (Phi) is 5.83. The maximum Gasteiger partial charge on any atom is 0.239 e. The fourth-order valence-electron chi connectivity index (χ4n) is 3.21. The first-order chi connectivity index (χ1) is 9.65. The Balaban J connectivity index is 1.65. The summed E-state index contributed by atoms with van der Waals surface area (Å²) in [6.45, 7) is 3.09. The molecule has 0 aromatic heterocycles. The minimum Gasteiger partial charge on any atom is -0.352 e. The molecule has 0 bridgehead atoms. The average molecular weight is 281 g/mol. The normalized spacial score (nSPS) is 27.9. The highest BCUT2D eigenvalue weighted by Gasteiger charge is 2.25. The van der Waals surface area contributed by atoms with E-state index in [1.165, 1.54) is 19.3 Å². The molecule has 2 atom stereocenters. The maximum atomic E-state index is 12.0. The van der Waals surface area contributed by atoms with Crippen molar-refractivity contribution in [3.8, 4) is 0 Å². The SMILES string of the molecule is C[C@H]1C[C@@H](C(=O)NCC(=O)NC2CCCCC2)CCN1. The van der Waals surface area contributed by atoms with Gasteiger partial charge in [-0.05, 0) is 39.2 Å². The monoisotopic (exact) mass is 281 g/mol. The van der Waals surface area contributed by atoms with Gasteiger partial charge in [-0.3, -0.25) is 9.59 Å². The van der Waals surface area contributed by atoms with Crippen molar-refractivity contribution in [1.82, 2.24) is 16.0 Å². The molecule has 114 valence electrons. The lowest BCUT2D eigenvalue weighted by molar-refractivity contribution is -0.129. The molecule has 0 aromatic carbocycles. The van der Waals surface area contributed by atoms with Crippen LogP contribution in [0.2, 0.25) is 0 Å². The smallest absolute Gasteiger partial charge is 0.239 e. The number of amides is 2. The van der Waals surface area contributed by atoms with Gasteiger partial charge in [-0.1, -0.05) is 19.3 Å². The van der Waals surface area contributed by atoms with Crippen molar-refractivity contribution in [2.45, 2.75) is 64.0 Å². The first-order valence-electron chi connectivity index (χ1n) is 7.95. The van der Waals surface area contributed by atoms with E-state index in [-0.39, 0.29) is 24.3 Å². The van der Waals surface area contributed by atoms with E-state index in [9.17, 15) is 9.59 Å². The van der Waals surface area contributed by atoms with Gasteiger partial charge in [0.1, 0.15) is 0 Å². The third-order valence-corrected chi connectivity index (χ3v) is 4.39. The van der Waals surface area contributed by atoms with Crippen LogP contribution in [-0.4, -0.2) is 37.0 Å². The summed E-state index contributed by atoms with van der Waals surface area (Å²) in [4.78, 5) is 23.8. The van der Waals surface area contributed by atoms with Crippen LogP contribution in [0.25, 0.3) is 0 Å². The van der Waals surface area contributed by atoms with Gasteiger partial charge in [0, 0.05) is 18.0 Å². The van der Waals surface area contributed by atoms with Crippen LogP contribution in [0.5, 0.6) is 0 Å². The van der Waals surface area contributed by atoms with Crippen molar-refractivity contribution in [2.75, 3.05) is 13.1 Å². The van der Waals surface area contributed by atoms with Gasteiger partial charge in [0.2, 0.25) is 11.8 Å². The zero-order valence-corrected chi connectivity index (χ0v) is 12.4. The summed E-state index contributed by atoms with van der Waals surface area (Å²) in [5.41, 5.74) is 0. The van der Waals surface area contributed by atoms with Crippen LogP contribution in [0.4, 0.5) is 0 Å². The van der Waals surface area contributed by atoms with Crippen LogP contribution in [0, 0.1) is 5.92 Å². The van der Waals surface area contributed by atoms with Crippen LogP contribution < -0.4 is 16.0 Å². The van der Waals surface area contributed by atoms with Gasteiger partial charge in [0.15, 0.2) is 0 Å². The van der Waals surface area contributed by atoms with Gasteiger partial charge in [0.05, 0.1) is 6.54 Å². The van der Waals surface area contributed by atoms with E-state index in [2.05, 4.69) is 22.9 Å². The van der Waals surface area contributed by atoms with E-state index >= 15 is 0 Å². The fourth-order valence-corrected chi connectivity index (χ4v) is 3.21. The number of hydrogen-bond acceptors (Lipinski definition) is 3. The number of nitrogens with one attached hydrogen (secondary N) is 3. The largest absolute Gasteiger partial charge is 0.352 e. The van der Waals surface area contributed by atoms with Crippen LogP contribution in [0.1, 0.15) is 51.9 Å². The van der Waals surface area contributed by atoms with Crippen molar-refractivity contribution in [3.63, 3.8) is 0 Å². The van der Waals surface area contributed by atoms with Crippen molar-refractivity contribution >= 4 is 11.8 Å². The molecule has 1 heterocycles. The summed E-state index contributed by atoms with van der Waals surface area (Å²) in [5, 5.41) is 9.13. The Bertz CT molecular complexity index is 340. The molecule has 0 radical (unpaired) electrons. The molecule has 1 saturated carbocycles. The van der Waals surface area contributed by atoms with E-state index in [0.29, 0.717) is 12.1 Å². The van der Waals surface area contributed by atoms with Crippen molar-refractivity contribution in [3.05, 3.63) is 0 Å². The minimum absolute atomic E-state index is 0.0251. The van der Waals surface area contributed by atoms with Crippen LogP contribution in [-0.2, 0) is 9.59 Å². The maximum absolute atomic E-state index is 12.0. The molecule has 3 N–H and O–H groups in total. The van der Waals surface area contributed by atoms with Crippen LogP contribution in [0.15, 0.2) is 0 Å². The molecule has 20 heavy (non-hydrogen) atoms. The second-order valence-corrected chi connectivity index (χ2v) is 6.20. The Labute approximate surface area is 121 Å². The van der Waals surface area contributed by atoms with Crippen molar-refractivity contribution in [2.24, 2.45) is 5.92 Å². The average Bonchev–Trinajstić information content (AvgIpc) is 2.46. The summed E-state index contributed by atoms with van der Waals surface area (Å²) in [6, 6.07) is 0.697. The predicted octanol–water partition coefficient (Wildman–Crippen LogP) is 0.940. The summed E-state index contributed by atoms with van der Waals surface area (Å²) in [7, 11) is 0. The summed E-state index contributed by atoms with van der Waals surface area (Å²) in [5.74, 6) is 0.0260. The molecule has 5 nitrogen and oxygen atoms in total. The minimum atomic E-state index is -0.0489. The highest BCUT2D eigenvalue weighted by atomic mass is 16.2. The molecular weight excluding hydrogens is 254 g/mol. The Hall–Kier alpha value is -1.10. The number of carbonyl (C=O) groups excluding carboxylic acids is 2. The zero-order chi connectivity index (χ0) is 14.4. The third-order valence-electron chi connectivity index (χ3n) is 4.39. The molecule has 0 aromatic rings. The molecule has 0 spiro atoms. The molecule has 2 aliphatic rings. The predicted molar refractivity (Wildman–Crippen MR) is 78.2 cm³/mol. The molecule has 0 unspecified atom stereocenters. The number of hydrogen-bond donors (Lipinski definition) is 3. The first kappa shape index (κ1) is 15.3. The van der Waals surface area contributed by atoms with E-state index < -0.39 is 0 Å². The number of rotatable bonds is 4. The Morgan fingerprint density at radius 2 is 1.90 bits per heavy atom. The second kappa shape index (κ2) is 7.62. The van der Waals surface area contributed by atoms with Gasteiger partial charge in [-0.2, -0.15) is 0 Å². The summed E-state index contributed by atoms with van der Waals surface area (Å²) >= 11 is 0. The standard InChI is InChI=1S/C15H27N3O2/c1-11-9-12(7-8-16-11)15(20)17-10-14(19)18-13-5-3-2-4-6-13/h11-13,16H,2-10H2,1H3,(H,17,20)(H,18,19)/t11-,12-/m0/s1. The number of piperidine rings is 1. The Morgan fingerprint density at radius 3 is 2.60 bits per heavy atom. The van der Waals surface area contributed by atoms with Gasteiger partial charge in [-0.25, -0.2) is 0 Å². The molecule has 2 rings (SSSR count).